The molecule has 2 aromatic heterocycles. The highest BCUT2D eigenvalue weighted by Crippen LogP contribution is 2.30. The number of hydrogen-bond acceptors (Lipinski definition) is 4. The van der Waals surface area contributed by atoms with Gasteiger partial charge in [-0.1, -0.05) is 18.2 Å². The highest BCUT2D eigenvalue weighted by Gasteiger charge is 2.13. The summed E-state index contributed by atoms with van der Waals surface area (Å²) >= 11 is 0. The fraction of sp³-hybridized carbons (Fsp3) is 0. The van der Waals surface area contributed by atoms with E-state index < -0.39 is 0 Å². The minimum absolute atomic E-state index is 0.639. The van der Waals surface area contributed by atoms with Gasteiger partial charge < -0.3 is 0 Å². The number of rotatable bonds is 3. The smallest absolute Gasteiger partial charge is 0.234 e. The van der Waals surface area contributed by atoms with Gasteiger partial charge in [0.1, 0.15) is 0 Å². The van der Waals surface area contributed by atoms with Crippen LogP contribution in [0.2, 0.25) is 0 Å². The van der Waals surface area contributed by atoms with E-state index in [4.69, 9.17) is 0 Å². The molecule has 0 bridgehead atoms. The fourth-order valence-electron chi connectivity index (χ4n) is 1.86. The summed E-state index contributed by atoms with van der Waals surface area (Å²) in [5.41, 5.74) is 1.99. The molecule has 0 radical (unpaired) electrons. The Morgan fingerprint density at radius 3 is 1.95 bits per heavy atom. The molecule has 0 amide bonds. The molecule has 2 heterocycles. The molecule has 0 N–H and O–H groups in total. The van der Waals surface area contributed by atoms with Gasteiger partial charge in [-0.15, -0.1) is 0 Å². The summed E-state index contributed by atoms with van der Waals surface area (Å²) in [5.74, 6) is 0.639. The molecule has 4 heteroatoms. The number of nitrogens with zero attached hydrogens (tertiary/aromatic N) is 4. The molecule has 0 aliphatic heterocycles. The fourth-order valence-corrected chi connectivity index (χ4v) is 1.86. The first-order valence-electron chi connectivity index (χ1n) is 5.97. The van der Waals surface area contributed by atoms with Crippen molar-refractivity contribution in [3.63, 3.8) is 0 Å². The van der Waals surface area contributed by atoms with Crippen molar-refractivity contribution < 1.29 is 0 Å². The average Bonchev–Trinajstić information content (AvgIpc) is 2.51. The van der Waals surface area contributed by atoms with Gasteiger partial charge in [0.25, 0.3) is 0 Å². The Hall–Kier alpha value is -2.75. The summed E-state index contributed by atoms with van der Waals surface area (Å²) in [7, 11) is 0. The Balaban J connectivity index is 2.12. The van der Waals surface area contributed by atoms with Crippen LogP contribution in [0.5, 0.6) is 0 Å². The van der Waals surface area contributed by atoms with Crippen LogP contribution in [0.1, 0.15) is 0 Å². The Morgan fingerprint density at radius 1 is 0.632 bits per heavy atom. The maximum absolute atomic E-state index is 4.33. The van der Waals surface area contributed by atoms with E-state index in [0.717, 1.165) is 11.4 Å². The Labute approximate surface area is 111 Å². The summed E-state index contributed by atoms with van der Waals surface area (Å²) in [5, 5.41) is 0. The third-order valence-electron chi connectivity index (χ3n) is 2.69. The number of aromatic nitrogens is 3. The van der Waals surface area contributed by atoms with Gasteiger partial charge >= 0.3 is 0 Å². The first-order chi connectivity index (χ1) is 9.45. The lowest BCUT2D eigenvalue weighted by Gasteiger charge is -2.22. The van der Waals surface area contributed by atoms with Gasteiger partial charge in [0.2, 0.25) is 5.95 Å². The van der Waals surface area contributed by atoms with E-state index in [-0.39, 0.29) is 0 Å². The quantitative estimate of drug-likeness (QED) is 0.713. The van der Waals surface area contributed by atoms with Crippen LogP contribution in [0.15, 0.2) is 73.3 Å². The van der Waals surface area contributed by atoms with Crippen molar-refractivity contribution in [2.24, 2.45) is 0 Å². The minimum Gasteiger partial charge on any atom is -0.279 e. The van der Waals surface area contributed by atoms with Crippen molar-refractivity contribution in [3.05, 3.63) is 73.3 Å². The monoisotopic (exact) mass is 248 g/mol. The van der Waals surface area contributed by atoms with E-state index in [1.807, 2.05) is 47.4 Å². The van der Waals surface area contributed by atoms with E-state index in [1.54, 1.807) is 30.9 Å². The molecule has 3 aromatic rings. The SMILES string of the molecule is c1ccc(N(c2ccncc2)c2ncccn2)cc1. The normalized spacial score (nSPS) is 10.1. The summed E-state index contributed by atoms with van der Waals surface area (Å²) in [6, 6.07) is 15.7. The molecule has 0 unspecified atom stereocenters. The summed E-state index contributed by atoms with van der Waals surface area (Å²) in [6.45, 7) is 0. The third kappa shape index (κ3) is 2.42. The molecule has 0 atom stereocenters. The first kappa shape index (κ1) is 11.3. The zero-order valence-electron chi connectivity index (χ0n) is 10.2. The molecule has 1 aromatic carbocycles. The first-order valence-corrected chi connectivity index (χ1v) is 5.97. The molecule has 0 aliphatic carbocycles. The maximum Gasteiger partial charge on any atom is 0.234 e. The Bertz CT molecular complexity index is 532. The number of hydrogen-bond donors (Lipinski definition) is 0. The lowest BCUT2D eigenvalue weighted by atomic mass is 10.2. The van der Waals surface area contributed by atoms with E-state index in [2.05, 4.69) is 15.0 Å². The van der Waals surface area contributed by atoms with Crippen LogP contribution in [-0.4, -0.2) is 15.0 Å². The highest BCUT2D eigenvalue weighted by molar-refractivity contribution is 5.71. The van der Waals surface area contributed by atoms with E-state index >= 15 is 0 Å². The summed E-state index contributed by atoms with van der Waals surface area (Å²) < 4.78 is 0. The minimum atomic E-state index is 0.639. The van der Waals surface area contributed by atoms with Gasteiger partial charge in [0, 0.05) is 30.5 Å². The van der Waals surface area contributed by atoms with Crippen LogP contribution >= 0.6 is 0 Å². The van der Waals surface area contributed by atoms with Crippen molar-refractivity contribution in [2.75, 3.05) is 4.90 Å². The Morgan fingerprint density at radius 2 is 1.26 bits per heavy atom. The zero-order valence-corrected chi connectivity index (χ0v) is 10.2. The number of anilines is 3. The molecule has 4 nitrogen and oxygen atoms in total. The van der Waals surface area contributed by atoms with Crippen LogP contribution in [-0.2, 0) is 0 Å². The lowest BCUT2D eigenvalue weighted by Crippen LogP contribution is -2.12. The van der Waals surface area contributed by atoms with E-state index in [9.17, 15) is 0 Å². The predicted molar refractivity (Wildman–Crippen MR) is 74.5 cm³/mol. The molecule has 0 saturated carbocycles. The molecule has 0 fully saturated rings. The second-order valence-corrected chi connectivity index (χ2v) is 3.93. The summed E-state index contributed by atoms with van der Waals surface area (Å²) in [6.07, 6.45) is 6.99. The molecule has 3 rings (SSSR count). The van der Waals surface area contributed by atoms with Gasteiger partial charge in [-0.05, 0) is 30.3 Å². The van der Waals surface area contributed by atoms with Crippen LogP contribution in [0.4, 0.5) is 17.3 Å². The van der Waals surface area contributed by atoms with Crippen LogP contribution in [0.25, 0.3) is 0 Å². The van der Waals surface area contributed by atoms with E-state index in [1.165, 1.54) is 0 Å². The highest BCUT2D eigenvalue weighted by atomic mass is 15.3. The van der Waals surface area contributed by atoms with Crippen molar-refractivity contribution in [2.45, 2.75) is 0 Å². The average molecular weight is 248 g/mol. The molecule has 0 saturated heterocycles. The van der Waals surface area contributed by atoms with Gasteiger partial charge in [-0.3, -0.25) is 9.88 Å². The Kier molecular flexibility index (Phi) is 3.14. The molecular weight excluding hydrogens is 236 g/mol. The number of benzene rings is 1. The molecular formula is C15H12N4. The maximum atomic E-state index is 4.33. The van der Waals surface area contributed by atoms with Crippen LogP contribution in [0.3, 0.4) is 0 Å². The third-order valence-corrected chi connectivity index (χ3v) is 2.69. The second kappa shape index (κ2) is 5.27. The molecule has 92 valence electrons. The van der Waals surface area contributed by atoms with Crippen molar-refractivity contribution >= 4 is 17.3 Å². The standard InChI is InChI=1S/C15H12N4/c1-2-5-13(6-3-1)19(14-7-11-16-12-8-14)15-17-9-4-10-18-15/h1-12H. The number of para-hydroxylation sites is 1. The number of pyridine rings is 1. The molecule has 19 heavy (non-hydrogen) atoms. The van der Waals surface area contributed by atoms with Crippen molar-refractivity contribution in [1.82, 2.24) is 15.0 Å². The van der Waals surface area contributed by atoms with Gasteiger partial charge in [-0.25, -0.2) is 9.97 Å². The molecule has 0 aliphatic rings. The zero-order chi connectivity index (χ0) is 12.9. The van der Waals surface area contributed by atoms with Gasteiger partial charge in [-0.2, -0.15) is 0 Å². The van der Waals surface area contributed by atoms with Crippen molar-refractivity contribution in [1.29, 1.82) is 0 Å². The van der Waals surface area contributed by atoms with Crippen molar-refractivity contribution in [3.8, 4) is 0 Å². The second-order valence-electron chi connectivity index (χ2n) is 3.93. The van der Waals surface area contributed by atoms with Gasteiger partial charge in [0.05, 0.1) is 5.69 Å². The lowest BCUT2D eigenvalue weighted by molar-refractivity contribution is 1.08. The topological polar surface area (TPSA) is 41.9 Å². The predicted octanol–water partition coefficient (Wildman–Crippen LogP) is 3.34. The van der Waals surface area contributed by atoms with Gasteiger partial charge in [0.15, 0.2) is 0 Å². The summed E-state index contributed by atoms with van der Waals surface area (Å²) in [4.78, 5) is 14.7. The van der Waals surface area contributed by atoms with Crippen LogP contribution in [0, 0.1) is 0 Å². The van der Waals surface area contributed by atoms with E-state index in [0.29, 0.717) is 5.95 Å². The largest absolute Gasteiger partial charge is 0.279 e. The van der Waals surface area contributed by atoms with Crippen LogP contribution < -0.4 is 4.90 Å². The molecule has 0 spiro atoms.